The molecule has 1 atom stereocenters. The van der Waals surface area contributed by atoms with E-state index in [2.05, 4.69) is 10.4 Å². The minimum atomic E-state index is -0.312. The summed E-state index contributed by atoms with van der Waals surface area (Å²) in [7, 11) is 3.76. The van der Waals surface area contributed by atoms with Gasteiger partial charge in [0, 0.05) is 6.54 Å². The number of amides is 1. The highest BCUT2D eigenvalue weighted by Gasteiger charge is 2.23. The molecule has 0 aliphatic rings. The number of hydrogen-bond acceptors (Lipinski definition) is 3. The van der Waals surface area contributed by atoms with Gasteiger partial charge in [0.15, 0.2) is 0 Å². The number of nitrogens with zero attached hydrogens (tertiary/aromatic N) is 3. The first-order chi connectivity index (χ1) is 13.4. The molecular weight excluding hydrogens is 379 g/mol. The Labute approximate surface area is 168 Å². The molecule has 3 aromatic rings. The predicted molar refractivity (Wildman–Crippen MR) is 108 cm³/mol. The molecule has 1 heterocycles. The van der Waals surface area contributed by atoms with Gasteiger partial charge in [-0.25, -0.2) is 9.07 Å². The minimum absolute atomic E-state index is 0.178. The van der Waals surface area contributed by atoms with E-state index in [-0.39, 0.29) is 22.9 Å². The summed E-state index contributed by atoms with van der Waals surface area (Å²) in [5.74, 6) is -0.619. The molecule has 0 radical (unpaired) electrons. The molecule has 0 bridgehead atoms. The first-order valence-electron chi connectivity index (χ1n) is 8.89. The Balaban J connectivity index is 1.80. The van der Waals surface area contributed by atoms with E-state index in [0.717, 1.165) is 11.3 Å². The fourth-order valence-electron chi connectivity index (χ4n) is 3.09. The van der Waals surface area contributed by atoms with Crippen LogP contribution in [0.25, 0.3) is 5.69 Å². The van der Waals surface area contributed by atoms with Gasteiger partial charge in [-0.1, -0.05) is 41.9 Å². The Bertz CT molecular complexity index is 972. The molecule has 0 aliphatic carbocycles. The average molecular weight is 401 g/mol. The zero-order valence-electron chi connectivity index (χ0n) is 16.0. The van der Waals surface area contributed by atoms with Gasteiger partial charge in [-0.3, -0.25) is 4.79 Å². The van der Waals surface area contributed by atoms with Crippen molar-refractivity contribution in [1.82, 2.24) is 20.0 Å². The first-order valence-corrected chi connectivity index (χ1v) is 9.27. The van der Waals surface area contributed by atoms with Gasteiger partial charge in [-0.05, 0) is 50.8 Å². The molecule has 0 aliphatic heterocycles. The number of rotatable bonds is 6. The van der Waals surface area contributed by atoms with Crippen molar-refractivity contribution in [3.8, 4) is 5.69 Å². The van der Waals surface area contributed by atoms with Crippen LogP contribution in [-0.2, 0) is 0 Å². The fourth-order valence-corrected chi connectivity index (χ4v) is 3.45. The number of likely N-dealkylation sites (N-methyl/N-ethyl adjacent to an activating group) is 1. The zero-order chi connectivity index (χ0) is 20.3. The summed E-state index contributed by atoms with van der Waals surface area (Å²) in [4.78, 5) is 14.7. The summed E-state index contributed by atoms with van der Waals surface area (Å²) in [5.41, 5.74) is 2.44. The molecule has 0 fully saturated rings. The summed E-state index contributed by atoms with van der Waals surface area (Å²) in [6.07, 6.45) is 0. The van der Waals surface area contributed by atoms with Crippen molar-refractivity contribution in [1.29, 1.82) is 0 Å². The molecular formula is C21H22ClFN4O. The number of carbonyl (C=O) groups is 1. The third-order valence-corrected chi connectivity index (χ3v) is 4.89. The van der Waals surface area contributed by atoms with E-state index in [1.54, 1.807) is 17.7 Å². The Morgan fingerprint density at radius 3 is 2.57 bits per heavy atom. The van der Waals surface area contributed by atoms with E-state index < -0.39 is 0 Å². The molecule has 2 aromatic carbocycles. The Kier molecular flexibility index (Phi) is 6.11. The highest BCUT2D eigenvalue weighted by Crippen LogP contribution is 2.24. The van der Waals surface area contributed by atoms with Crippen molar-refractivity contribution in [2.24, 2.45) is 0 Å². The van der Waals surface area contributed by atoms with E-state index in [1.807, 2.05) is 55.4 Å². The van der Waals surface area contributed by atoms with Gasteiger partial charge < -0.3 is 10.2 Å². The van der Waals surface area contributed by atoms with Crippen LogP contribution in [0.5, 0.6) is 0 Å². The van der Waals surface area contributed by atoms with Crippen molar-refractivity contribution in [2.45, 2.75) is 13.0 Å². The molecule has 7 heteroatoms. The van der Waals surface area contributed by atoms with Crippen LogP contribution in [0.4, 0.5) is 4.39 Å². The molecule has 1 unspecified atom stereocenters. The number of para-hydroxylation sites is 1. The van der Waals surface area contributed by atoms with Gasteiger partial charge in [-0.2, -0.15) is 5.10 Å². The van der Waals surface area contributed by atoms with Gasteiger partial charge in [-0.15, -0.1) is 0 Å². The van der Waals surface area contributed by atoms with Crippen molar-refractivity contribution in [2.75, 3.05) is 20.6 Å². The van der Waals surface area contributed by atoms with Crippen LogP contribution in [0, 0.1) is 12.7 Å². The monoisotopic (exact) mass is 400 g/mol. The number of carbonyl (C=O) groups excluding carboxylic acids is 1. The highest BCUT2D eigenvalue weighted by molar-refractivity contribution is 6.33. The maximum Gasteiger partial charge on any atom is 0.256 e. The normalized spacial score (nSPS) is 12.2. The maximum absolute atomic E-state index is 13.6. The van der Waals surface area contributed by atoms with Crippen LogP contribution in [0.1, 0.15) is 27.7 Å². The summed E-state index contributed by atoms with van der Waals surface area (Å²) in [6, 6.07) is 15.6. The van der Waals surface area contributed by atoms with Gasteiger partial charge in [0.2, 0.25) is 0 Å². The van der Waals surface area contributed by atoms with E-state index in [9.17, 15) is 9.18 Å². The summed E-state index contributed by atoms with van der Waals surface area (Å²) in [5, 5.41) is 7.56. The van der Waals surface area contributed by atoms with Gasteiger partial charge >= 0.3 is 0 Å². The second-order valence-electron chi connectivity index (χ2n) is 6.74. The van der Waals surface area contributed by atoms with E-state index in [0.29, 0.717) is 17.8 Å². The highest BCUT2D eigenvalue weighted by atomic mass is 35.5. The summed E-state index contributed by atoms with van der Waals surface area (Å²) < 4.78 is 15.1. The quantitative estimate of drug-likeness (QED) is 0.680. The Morgan fingerprint density at radius 2 is 1.93 bits per heavy atom. The molecule has 3 rings (SSSR count). The Hall–Kier alpha value is -2.70. The summed E-state index contributed by atoms with van der Waals surface area (Å²) >= 11 is 6.45. The second-order valence-corrected chi connectivity index (χ2v) is 7.10. The maximum atomic E-state index is 13.6. The number of benzene rings is 2. The van der Waals surface area contributed by atoms with Crippen LogP contribution in [0.3, 0.4) is 0 Å². The van der Waals surface area contributed by atoms with Crippen LogP contribution >= 0.6 is 11.6 Å². The van der Waals surface area contributed by atoms with E-state index in [4.69, 9.17) is 11.6 Å². The lowest BCUT2D eigenvalue weighted by molar-refractivity contribution is 0.0941. The van der Waals surface area contributed by atoms with Gasteiger partial charge in [0.05, 0.1) is 23.0 Å². The number of nitrogens with one attached hydrogen (secondary N) is 1. The Morgan fingerprint density at radius 1 is 1.21 bits per heavy atom. The van der Waals surface area contributed by atoms with Crippen molar-refractivity contribution in [3.63, 3.8) is 0 Å². The largest absolute Gasteiger partial charge is 0.350 e. The molecule has 1 aromatic heterocycles. The lowest BCUT2D eigenvalue weighted by Crippen LogP contribution is -2.34. The van der Waals surface area contributed by atoms with Crippen LogP contribution in [-0.4, -0.2) is 41.2 Å². The molecule has 0 saturated heterocycles. The topological polar surface area (TPSA) is 50.2 Å². The number of aryl methyl sites for hydroxylation is 1. The van der Waals surface area contributed by atoms with E-state index in [1.165, 1.54) is 12.1 Å². The smallest absolute Gasteiger partial charge is 0.256 e. The SMILES string of the molecule is Cc1nn(-c2ccccc2)c(Cl)c1C(=O)NCC(c1cccc(F)c1)N(C)C. The molecule has 0 spiro atoms. The molecule has 146 valence electrons. The van der Waals surface area contributed by atoms with Crippen LogP contribution in [0.2, 0.25) is 5.15 Å². The molecule has 1 amide bonds. The number of halogens is 2. The lowest BCUT2D eigenvalue weighted by Gasteiger charge is -2.25. The van der Waals surface area contributed by atoms with Crippen molar-refractivity contribution in [3.05, 3.63) is 82.4 Å². The standard InChI is InChI=1S/C21H22ClFN4O/c1-14-19(20(22)27(25-14)17-10-5-4-6-11-17)21(28)24-13-18(26(2)3)15-8-7-9-16(23)12-15/h4-12,18H,13H2,1-3H3,(H,24,28). The average Bonchev–Trinajstić information content (AvgIpc) is 2.96. The van der Waals surface area contributed by atoms with Crippen molar-refractivity contribution >= 4 is 17.5 Å². The number of aromatic nitrogens is 2. The lowest BCUT2D eigenvalue weighted by atomic mass is 10.1. The third kappa shape index (κ3) is 4.24. The van der Waals surface area contributed by atoms with Crippen LogP contribution in [0.15, 0.2) is 54.6 Å². The van der Waals surface area contributed by atoms with E-state index >= 15 is 0 Å². The first kappa shape index (κ1) is 20.0. The summed E-state index contributed by atoms with van der Waals surface area (Å²) in [6.45, 7) is 2.05. The second kappa shape index (κ2) is 8.54. The number of hydrogen-bond donors (Lipinski definition) is 1. The van der Waals surface area contributed by atoms with Crippen molar-refractivity contribution < 1.29 is 9.18 Å². The van der Waals surface area contributed by atoms with Gasteiger partial charge in [0.1, 0.15) is 11.0 Å². The molecule has 5 nitrogen and oxygen atoms in total. The van der Waals surface area contributed by atoms with Gasteiger partial charge in [0.25, 0.3) is 5.91 Å². The molecule has 28 heavy (non-hydrogen) atoms. The third-order valence-electron chi connectivity index (χ3n) is 4.54. The van der Waals surface area contributed by atoms with Crippen LogP contribution < -0.4 is 5.32 Å². The predicted octanol–water partition coefficient (Wildman–Crippen LogP) is 4.01. The molecule has 0 saturated carbocycles. The zero-order valence-corrected chi connectivity index (χ0v) is 16.7. The molecule has 1 N–H and O–H groups in total. The fraction of sp³-hybridized carbons (Fsp3) is 0.238. The minimum Gasteiger partial charge on any atom is -0.350 e.